The fraction of sp³-hybridized carbons (Fsp3) is 0.259. The molecule has 0 fully saturated rings. The summed E-state index contributed by atoms with van der Waals surface area (Å²) in [7, 11) is 0. The van der Waals surface area contributed by atoms with E-state index in [-0.39, 0.29) is 6.61 Å². The lowest BCUT2D eigenvalue weighted by molar-refractivity contribution is 0.294. The summed E-state index contributed by atoms with van der Waals surface area (Å²) in [4.78, 5) is 8.73. The van der Waals surface area contributed by atoms with E-state index in [1.165, 1.54) is 5.56 Å². The zero-order valence-corrected chi connectivity index (χ0v) is 19.7. The van der Waals surface area contributed by atoms with Crippen molar-refractivity contribution in [3.63, 3.8) is 0 Å². The highest BCUT2D eigenvalue weighted by atomic mass is 35.5. The minimum atomic E-state index is 0.130. The molecule has 2 aromatic carbocycles. The van der Waals surface area contributed by atoms with Crippen LogP contribution in [-0.4, -0.2) is 26.2 Å². The van der Waals surface area contributed by atoms with Crippen LogP contribution in [0.2, 0.25) is 5.02 Å². The molecular weight excluding hydrogens is 450 g/mol. The summed E-state index contributed by atoms with van der Waals surface area (Å²) in [6.07, 6.45) is 12.9. The van der Waals surface area contributed by atoms with Gasteiger partial charge in [-0.25, -0.2) is 9.97 Å². The molecule has 0 radical (unpaired) electrons. The predicted octanol–water partition coefficient (Wildman–Crippen LogP) is 5.83. The van der Waals surface area contributed by atoms with Gasteiger partial charge in [0.05, 0.1) is 6.61 Å². The van der Waals surface area contributed by atoms with Crippen LogP contribution in [0, 0.1) is 0 Å². The van der Waals surface area contributed by atoms with E-state index in [0.717, 1.165) is 48.6 Å². The molecule has 0 atom stereocenters. The maximum atomic E-state index is 9.10. The van der Waals surface area contributed by atoms with Crippen molar-refractivity contribution in [3.05, 3.63) is 101 Å². The average Bonchev–Trinajstić information content (AvgIpc) is 3.50. The van der Waals surface area contributed by atoms with Crippen molar-refractivity contribution >= 4 is 23.8 Å². The van der Waals surface area contributed by atoms with Crippen molar-refractivity contribution in [2.45, 2.75) is 38.8 Å². The van der Waals surface area contributed by atoms with Gasteiger partial charge in [0, 0.05) is 36.5 Å². The molecule has 0 amide bonds. The van der Waals surface area contributed by atoms with Crippen molar-refractivity contribution < 1.29 is 14.3 Å². The van der Waals surface area contributed by atoms with Gasteiger partial charge in [-0.2, -0.15) is 0 Å². The van der Waals surface area contributed by atoms with E-state index in [1.54, 1.807) is 12.5 Å². The number of aryl methyl sites for hydroxylation is 2. The van der Waals surface area contributed by atoms with Crippen LogP contribution in [-0.2, 0) is 26.0 Å². The highest BCUT2D eigenvalue weighted by molar-refractivity contribution is 6.30. The van der Waals surface area contributed by atoms with Crippen LogP contribution in [0.3, 0.4) is 0 Å². The van der Waals surface area contributed by atoms with E-state index in [1.807, 2.05) is 54.7 Å². The van der Waals surface area contributed by atoms with Crippen LogP contribution in [0.15, 0.2) is 71.6 Å². The number of nitrogens with zero attached hydrogens (tertiary/aromatic N) is 3. The number of benzene rings is 2. The molecule has 0 aliphatic heterocycles. The summed E-state index contributed by atoms with van der Waals surface area (Å²) >= 11 is 5.91. The lowest BCUT2D eigenvalue weighted by Crippen LogP contribution is -2.05. The summed E-state index contributed by atoms with van der Waals surface area (Å²) in [5.74, 6) is 2.28. The van der Waals surface area contributed by atoms with Gasteiger partial charge in [-0.3, -0.25) is 0 Å². The normalized spacial score (nSPS) is 11.4. The molecule has 0 bridgehead atoms. The molecule has 0 unspecified atom stereocenters. The van der Waals surface area contributed by atoms with E-state index >= 15 is 0 Å². The average molecular weight is 478 g/mol. The molecular formula is C27H28ClN3O3. The Kier molecular flexibility index (Phi) is 8.54. The number of hydrogen-bond acceptors (Lipinski definition) is 5. The fourth-order valence-electron chi connectivity index (χ4n) is 3.60. The number of halogens is 1. The lowest BCUT2D eigenvalue weighted by atomic mass is 10.1. The Labute approximate surface area is 204 Å². The number of imidazole rings is 1. The molecule has 6 nitrogen and oxygen atoms in total. The molecule has 176 valence electrons. The molecule has 7 heteroatoms. The van der Waals surface area contributed by atoms with Crippen molar-refractivity contribution in [2.24, 2.45) is 0 Å². The standard InChI is InChI=1S/C27H28ClN3O3/c28-23-9-4-22(5-10-23)8-13-27-30-24(20-34-27)19-33-25-11-6-21(7-12-25)3-1-2-16-31-17-15-29-26(31)14-18-32/h4-13,15,17,20,32H,1-3,14,16,18-19H2/b13-8+. The molecule has 0 saturated heterocycles. The SMILES string of the molecule is OCCc1nccn1CCCCc1ccc(OCc2coc(/C=C/c3ccc(Cl)cc3)n2)cc1. The Hall–Kier alpha value is -3.35. The second-order valence-electron chi connectivity index (χ2n) is 7.96. The fourth-order valence-corrected chi connectivity index (χ4v) is 3.73. The molecule has 2 aromatic heterocycles. The van der Waals surface area contributed by atoms with Crippen molar-refractivity contribution in [1.29, 1.82) is 0 Å². The first kappa shape index (κ1) is 23.8. The van der Waals surface area contributed by atoms with Gasteiger partial charge in [-0.1, -0.05) is 35.9 Å². The number of rotatable bonds is 12. The van der Waals surface area contributed by atoms with Crippen molar-refractivity contribution in [2.75, 3.05) is 6.61 Å². The summed E-state index contributed by atoms with van der Waals surface area (Å²) < 4.78 is 13.5. The Balaban J connectivity index is 1.19. The second-order valence-corrected chi connectivity index (χ2v) is 8.40. The van der Waals surface area contributed by atoms with Crippen molar-refractivity contribution in [1.82, 2.24) is 14.5 Å². The minimum absolute atomic E-state index is 0.130. The first-order chi connectivity index (χ1) is 16.7. The van der Waals surface area contributed by atoms with E-state index in [2.05, 4.69) is 26.7 Å². The predicted molar refractivity (Wildman–Crippen MR) is 134 cm³/mol. The molecule has 0 aliphatic rings. The molecule has 0 saturated carbocycles. The van der Waals surface area contributed by atoms with Gasteiger partial charge in [-0.15, -0.1) is 0 Å². The Morgan fingerprint density at radius 3 is 2.62 bits per heavy atom. The molecule has 34 heavy (non-hydrogen) atoms. The van der Waals surface area contributed by atoms with Crippen LogP contribution in [0.5, 0.6) is 5.75 Å². The lowest BCUT2D eigenvalue weighted by Gasteiger charge is -2.08. The third-order valence-electron chi connectivity index (χ3n) is 5.42. The van der Waals surface area contributed by atoms with Gasteiger partial charge >= 0.3 is 0 Å². The van der Waals surface area contributed by atoms with Gasteiger partial charge < -0.3 is 18.8 Å². The minimum Gasteiger partial charge on any atom is -0.487 e. The highest BCUT2D eigenvalue weighted by Gasteiger charge is 2.04. The first-order valence-electron chi connectivity index (χ1n) is 11.4. The van der Waals surface area contributed by atoms with Crippen LogP contribution in [0.4, 0.5) is 0 Å². The Morgan fingerprint density at radius 2 is 1.82 bits per heavy atom. The quantitative estimate of drug-likeness (QED) is 0.260. The third-order valence-corrected chi connectivity index (χ3v) is 5.67. The van der Waals surface area contributed by atoms with Crippen LogP contribution in [0.25, 0.3) is 12.2 Å². The third kappa shape index (κ3) is 7.07. The number of ether oxygens (including phenoxy) is 1. The second kappa shape index (κ2) is 12.2. The van der Waals surface area contributed by atoms with Gasteiger partial charge in [-0.05, 0) is 60.7 Å². The van der Waals surface area contributed by atoms with Gasteiger partial charge in [0.15, 0.2) is 0 Å². The summed E-state index contributed by atoms with van der Waals surface area (Å²) in [5, 5.41) is 9.81. The summed E-state index contributed by atoms with van der Waals surface area (Å²) in [6, 6.07) is 15.8. The summed E-state index contributed by atoms with van der Waals surface area (Å²) in [5.41, 5.74) is 3.04. The van der Waals surface area contributed by atoms with E-state index in [4.69, 9.17) is 25.9 Å². The maximum absolute atomic E-state index is 9.10. The molecule has 0 aliphatic carbocycles. The number of aliphatic hydroxyl groups excluding tert-OH is 1. The van der Waals surface area contributed by atoms with Crippen LogP contribution >= 0.6 is 11.6 Å². The maximum Gasteiger partial charge on any atom is 0.218 e. The molecule has 4 aromatic rings. The van der Waals surface area contributed by atoms with Gasteiger partial charge in [0.1, 0.15) is 30.1 Å². The number of hydrogen-bond donors (Lipinski definition) is 1. The first-order valence-corrected chi connectivity index (χ1v) is 11.8. The largest absolute Gasteiger partial charge is 0.487 e. The molecule has 4 rings (SSSR count). The molecule has 1 N–H and O–H groups in total. The van der Waals surface area contributed by atoms with E-state index in [9.17, 15) is 0 Å². The highest BCUT2D eigenvalue weighted by Crippen LogP contribution is 2.17. The zero-order chi connectivity index (χ0) is 23.6. The Bertz CT molecular complexity index is 1180. The summed E-state index contributed by atoms with van der Waals surface area (Å²) in [6.45, 7) is 1.40. The van der Waals surface area contributed by atoms with Gasteiger partial charge in [0.25, 0.3) is 0 Å². The number of aliphatic hydroxyl groups is 1. The zero-order valence-electron chi connectivity index (χ0n) is 18.9. The van der Waals surface area contributed by atoms with Crippen molar-refractivity contribution in [3.8, 4) is 5.75 Å². The number of aromatic nitrogens is 3. The Morgan fingerprint density at radius 1 is 1.00 bits per heavy atom. The number of oxazole rings is 1. The molecule has 0 spiro atoms. The monoisotopic (exact) mass is 477 g/mol. The van der Waals surface area contributed by atoms with E-state index < -0.39 is 0 Å². The van der Waals surface area contributed by atoms with Gasteiger partial charge in [0.2, 0.25) is 5.89 Å². The number of unbranched alkanes of at least 4 members (excludes halogenated alkanes) is 1. The molecule has 2 heterocycles. The smallest absolute Gasteiger partial charge is 0.218 e. The van der Waals surface area contributed by atoms with Crippen LogP contribution in [0.1, 0.15) is 41.4 Å². The van der Waals surface area contributed by atoms with E-state index in [0.29, 0.717) is 23.9 Å². The van der Waals surface area contributed by atoms with Crippen LogP contribution < -0.4 is 4.74 Å². The topological polar surface area (TPSA) is 73.3 Å².